The van der Waals surface area contributed by atoms with Crippen LogP contribution in [-0.2, 0) is 0 Å². The number of aromatic nitrogens is 4. The van der Waals surface area contributed by atoms with Gasteiger partial charge in [0.1, 0.15) is 5.82 Å². The van der Waals surface area contributed by atoms with Gasteiger partial charge in [-0.2, -0.15) is 0 Å². The third-order valence-corrected chi connectivity index (χ3v) is 3.03. The summed E-state index contributed by atoms with van der Waals surface area (Å²) in [7, 11) is 0. The Morgan fingerprint density at radius 3 is 2.76 bits per heavy atom. The first-order valence-corrected chi connectivity index (χ1v) is 6.41. The number of amides is 1. The van der Waals surface area contributed by atoms with E-state index in [0.717, 1.165) is 5.56 Å². The second-order valence-corrected chi connectivity index (χ2v) is 4.49. The maximum atomic E-state index is 12.1. The number of rotatable bonds is 4. The van der Waals surface area contributed by atoms with E-state index in [1.54, 1.807) is 36.7 Å². The van der Waals surface area contributed by atoms with Gasteiger partial charge in [-0.05, 0) is 31.2 Å². The highest BCUT2D eigenvalue weighted by Crippen LogP contribution is 2.17. The fourth-order valence-electron chi connectivity index (χ4n) is 1.93. The van der Waals surface area contributed by atoms with Crippen molar-refractivity contribution in [2.45, 2.75) is 13.0 Å². The number of H-pyrrole nitrogens is 1. The molecule has 1 unspecified atom stereocenters. The van der Waals surface area contributed by atoms with E-state index in [2.05, 4.69) is 25.5 Å². The van der Waals surface area contributed by atoms with Crippen LogP contribution in [0.3, 0.4) is 0 Å². The topological polar surface area (TPSA) is 96.7 Å². The van der Waals surface area contributed by atoms with Crippen molar-refractivity contribution >= 4 is 5.91 Å². The second kappa shape index (κ2) is 5.58. The summed E-state index contributed by atoms with van der Waals surface area (Å²) in [6.07, 6.45) is 4.63. The van der Waals surface area contributed by atoms with Crippen LogP contribution in [0.25, 0.3) is 11.5 Å². The molecule has 3 rings (SSSR count). The number of hydrogen-bond donors (Lipinski definition) is 2. The van der Waals surface area contributed by atoms with Crippen LogP contribution in [0.15, 0.2) is 47.5 Å². The van der Waals surface area contributed by atoms with Gasteiger partial charge in [0.25, 0.3) is 5.91 Å². The first-order chi connectivity index (χ1) is 10.2. The molecule has 0 fully saturated rings. The normalized spacial score (nSPS) is 12.0. The quantitative estimate of drug-likeness (QED) is 0.762. The summed E-state index contributed by atoms with van der Waals surface area (Å²) >= 11 is 0. The van der Waals surface area contributed by atoms with Crippen molar-refractivity contribution in [2.75, 3.05) is 0 Å². The number of imidazole rings is 1. The molecule has 2 aromatic heterocycles. The van der Waals surface area contributed by atoms with Crippen LogP contribution in [0, 0.1) is 0 Å². The Morgan fingerprint density at radius 1 is 1.33 bits per heavy atom. The summed E-state index contributed by atoms with van der Waals surface area (Å²) in [4.78, 5) is 19.2. The molecular weight excluding hydrogens is 270 g/mol. The van der Waals surface area contributed by atoms with E-state index < -0.39 is 0 Å². The van der Waals surface area contributed by atoms with Crippen molar-refractivity contribution in [3.05, 3.63) is 54.4 Å². The van der Waals surface area contributed by atoms with Crippen molar-refractivity contribution in [3.63, 3.8) is 0 Å². The van der Waals surface area contributed by atoms with Gasteiger partial charge >= 0.3 is 0 Å². The van der Waals surface area contributed by atoms with E-state index in [-0.39, 0.29) is 11.9 Å². The molecule has 0 bridgehead atoms. The first-order valence-electron chi connectivity index (χ1n) is 6.41. The number of aromatic amines is 1. The average molecular weight is 283 g/mol. The smallest absolute Gasteiger partial charge is 0.251 e. The minimum absolute atomic E-state index is 0.170. The number of hydrogen-bond acceptors (Lipinski definition) is 5. The third kappa shape index (κ3) is 2.81. The van der Waals surface area contributed by atoms with Crippen molar-refractivity contribution in [3.8, 4) is 11.5 Å². The molecule has 2 N–H and O–H groups in total. The highest BCUT2D eigenvalue weighted by atomic mass is 16.4. The van der Waals surface area contributed by atoms with Crippen molar-refractivity contribution in [2.24, 2.45) is 0 Å². The highest BCUT2D eigenvalue weighted by molar-refractivity contribution is 5.94. The predicted molar refractivity (Wildman–Crippen MR) is 74.2 cm³/mol. The van der Waals surface area contributed by atoms with Gasteiger partial charge in [0.15, 0.2) is 0 Å². The van der Waals surface area contributed by atoms with Gasteiger partial charge in [-0.3, -0.25) is 4.79 Å². The van der Waals surface area contributed by atoms with Crippen LogP contribution < -0.4 is 5.32 Å². The number of nitrogens with one attached hydrogen (secondary N) is 2. The Balaban J connectivity index is 1.70. The van der Waals surface area contributed by atoms with Crippen molar-refractivity contribution < 1.29 is 9.21 Å². The molecule has 1 aromatic carbocycles. The van der Waals surface area contributed by atoms with Crippen LogP contribution in [-0.4, -0.2) is 26.1 Å². The summed E-state index contributed by atoms with van der Waals surface area (Å²) in [6, 6.07) is 6.76. The maximum Gasteiger partial charge on any atom is 0.251 e. The Labute approximate surface area is 120 Å². The lowest BCUT2D eigenvalue weighted by Crippen LogP contribution is -2.27. The molecule has 21 heavy (non-hydrogen) atoms. The van der Waals surface area contributed by atoms with Crippen LogP contribution in [0.2, 0.25) is 0 Å². The number of nitrogens with zero attached hydrogens (tertiary/aromatic N) is 3. The zero-order valence-electron chi connectivity index (χ0n) is 11.3. The minimum atomic E-state index is -0.192. The SMILES string of the molecule is CC(NC(=O)c1ccc(-c2nnco2)cc1)c1ncc[nH]1. The Hall–Kier alpha value is -2.96. The van der Waals surface area contributed by atoms with Gasteiger partial charge in [0.2, 0.25) is 12.3 Å². The van der Waals surface area contributed by atoms with Gasteiger partial charge in [0.05, 0.1) is 6.04 Å². The molecule has 0 aliphatic rings. The molecule has 0 aliphatic heterocycles. The molecule has 3 aromatic rings. The molecule has 0 radical (unpaired) electrons. The molecule has 0 saturated carbocycles. The Morgan fingerprint density at radius 2 is 2.14 bits per heavy atom. The van der Waals surface area contributed by atoms with Crippen LogP contribution in [0.1, 0.15) is 29.1 Å². The van der Waals surface area contributed by atoms with E-state index in [9.17, 15) is 4.79 Å². The summed E-state index contributed by atoms with van der Waals surface area (Å²) in [5.41, 5.74) is 1.32. The molecule has 7 heteroatoms. The fourth-order valence-corrected chi connectivity index (χ4v) is 1.93. The average Bonchev–Trinajstić information content (AvgIpc) is 3.20. The van der Waals surface area contributed by atoms with Crippen LogP contribution in [0.4, 0.5) is 0 Å². The third-order valence-electron chi connectivity index (χ3n) is 3.03. The highest BCUT2D eigenvalue weighted by Gasteiger charge is 2.13. The molecule has 1 atom stereocenters. The second-order valence-electron chi connectivity index (χ2n) is 4.49. The van der Waals surface area contributed by atoms with E-state index in [1.165, 1.54) is 6.39 Å². The largest absolute Gasteiger partial charge is 0.423 e. The summed E-state index contributed by atoms with van der Waals surface area (Å²) in [5, 5.41) is 10.3. The standard InChI is InChI=1S/C14H13N5O2/c1-9(12-15-6-7-16-12)18-13(20)10-2-4-11(5-3-10)14-19-17-8-21-14/h2-9H,1H3,(H,15,16)(H,18,20). The molecular formula is C14H13N5O2. The van der Waals surface area contributed by atoms with Gasteiger partial charge in [0, 0.05) is 23.5 Å². The molecule has 0 spiro atoms. The van der Waals surface area contributed by atoms with Crippen LogP contribution in [0.5, 0.6) is 0 Å². The molecule has 106 valence electrons. The predicted octanol–water partition coefficient (Wildman–Crippen LogP) is 1.95. The fraction of sp³-hybridized carbons (Fsp3) is 0.143. The number of carbonyl (C=O) groups is 1. The van der Waals surface area contributed by atoms with Gasteiger partial charge < -0.3 is 14.7 Å². The zero-order chi connectivity index (χ0) is 14.7. The molecule has 7 nitrogen and oxygen atoms in total. The molecule has 0 aliphatic carbocycles. The first kappa shape index (κ1) is 13.0. The number of benzene rings is 1. The van der Waals surface area contributed by atoms with Gasteiger partial charge in [-0.25, -0.2) is 4.98 Å². The molecule has 1 amide bonds. The van der Waals surface area contributed by atoms with Crippen LogP contribution >= 0.6 is 0 Å². The lowest BCUT2D eigenvalue weighted by molar-refractivity contribution is 0.0938. The lowest BCUT2D eigenvalue weighted by atomic mass is 10.1. The maximum absolute atomic E-state index is 12.1. The van der Waals surface area contributed by atoms with Crippen molar-refractivity contribution in [1.82, 2.24) is 25.5 Å². The van der Waals surface area contributed by atoms with Gasteiger partial charge in [-0.1, -0.05) is 0 Å². The molecule has 0 saturated heterocycles. The van der Waals surface area contributed by atoms with E-state index in [4.69, 9.17) is 4.42 Å². The minimum Gasteiger partial charge on any atom is -0.423 e. The lowest BCUT2D eigenvalue weighted by Gasteiger charge is -2.11. The van der Waals surface area contributed by atoms with Crippen molar-refractivity contribution in [1.29, 1.82) is 0 Å². The molecule has 2 heterocycles. The van der Waals surface area contributed by atoms with E-state index >= 15 is 0 Å². The van der Waals surface area contributed by atoms with E-state index in [1.807, 2.05) is 6.92 Å². The monoisotopic (exact) mass is 283 g/mol. The Bertz CT molecular complexity index is 704. The summed E-state index contributed by atoms with van der Waals surface area (Å²) < 4.78 is 5.10. The Kier molecular flexibility index (Phi) is 3.46. The number of carbonyl (C=O) groups excluding carboxylic acids is 1. The van der Waals surface area contributed by atoms with E-state index in [0.29, 0.717) is 17.3 Å². The van der Waals surface area contributed by atoms with Gasteiger partial charge in [-0.15, -0.1) is 10.2 Å². The zero-order valence-corrected chi connectivity index (χ0v) is 11.3. The summed E-state index contributed by atoms with van der Waals surface area (Å²) in [6.45, 7) is 1.86. The summed E-state index contributed by atoms with van der Waals surface area (Å²) in [5.74, 6) is 0.965.